The Kier molecular flexibility index (Phi) is 15.0. The average molecular weight is 459 g/mol. The summed E-state index contributed by atoms with van der Waals surface area (Å²) >= 11 is 0. The predicted octanol–water partition coefficient (Wildman–Crippen LogP) is 4.37. The number of ether oxygens (including phenoxy) is 5. The monoisotopic (exact) mass is 458 g/mol. The zero-order valence-electron chi connectivity index (χ0n) is 17.6. The summed E-state index contributed by atoms with van der Waals surface area (Å²) in [4.78, 5) is 11.7. The van der Waals surface area contributed by atoms with Crippen molar-refractivity contribution in [1.29, 1.82) is 0 Å². The molecule has 6 nitrogen and oxygen atoms in total. The summed E-state index contributed by atoms with van der Waals surface area (Å²) in [7, 11) is 3.96. The van der Waals surface area contributed by atoms with Gasteiger partial charge in [-0.3, -0.25) is 4.79 Å². The van der Waals surface area contributed by atoms with Crippen molar-refractivity contribution in [3.05, 3.63) is 30.3 Å². The molecule has 1 fully saturated rings. The standard InChI is InChI=1S/C22H34O6S2/c23-22(9-5-4-8-21-10-19-29-30-21)28-18-16-26-14-12-24-11-13-25-15-17-27-20-6-2-1-3-7-20/h1-3,6-7,21H,4-5,8-19H2. The third-order valence-electron chi connectivity index (χ3n) is 4.36. The highest BCUT2D eigenvalue weighted by molar-refractivity contribution is 8.77. The third-order valence-corrected chi connectivity index (χ3v) is 7.37. The van der Waals surface area contributed by atoms with E-state index in [1.807, 2.05) is 51.9 Å². The van der Waals surface area contributed by atoms with E-state index in [1.165, 1.54) is 18.6 Å². The van der Waals surface area contributed by atoms with Crippen molar-refractivity contribution in [2.45, 2.75) is 37.4 Å². The van der Waals surface area contributed by atoms with E-state index < -0.39 is 0 Å². The first-order valence-electron chi connectivity index (χ1n) is 10.7. The van der Waals surface area contributed by atoms with Gasteiger partial charge in [-0.2, -0.15) is 0 Å². The number of unbranched alkanes of at least 4 members (excludes halogenated alkanes) is 1. The number of carbonyl (C=O) groups excluding carboxylic acids is 1. The molecule has 1 aromatic rings. The molecule has 0 radical (unpaired) electrons. The zero-order valence-corrected chi connectivity index (χ0v) is 19.3. The van der Waals surface area contributed by atoms with Crippen molar-refractivity contribution in [3.63, 3.8) is 0 Å². The molecular formula is C22H34O6S2. The molecule has 0 spiro atoms. The van der Waals surface area contributed by atoms with Crippen LogP contribution >= 0.6 is 21.6 Å². The summed E-state index contributed by atoms with van der Waals surface area (Å²) in [6, 6.07) is 9.66. The highest BCUT2D eigenvalue weighted by Gasteiger charge is 2.15. The minimum absolute atomic E-state index is 0.128. The Morgan fingerprint density at radius 3 is 2.20 bits per heavy atom. The number of benzene rings is 1. The molecule has 1 heterocycles. The first-order valence-corrected chi connectivity index (χ1v) is 13.1. The van der Waals surface area contributed by atoms with E-state index in [9.17, 15) is 4.79 Å². The molecule has 0 aliphatic carbocycles. The number of hydrogen-bond acceptors (Lipinski definition) is 8. The van der Waals surface area contributed by atoms with Crippen molar-refractivity contribution < 1.29 is 28.5 Å². The molecule has 0 aromatic heterocycles. The molecule has 0 N–H and O–H groups in total. The van der Waals surface area contributed by atoms with Gasteiger partial charge in [0.25, 0.3) is 0 Å². The quantitative estimate of drug-likeness (QED) is 0.183. The normalized spacial score (nSPS) is 15.9. The van der Waals surface area contributed by atoms with Gasteiger partial charge < -0.3 is 23.7 Å². The maximum atomic E-state index is 11.7. The van der Waals surface area contributed by atoms with Crippen LogP contribution in [0.5, 0.6) is 5.75 Å². The van der Waals surface area contributed by atoms with E-state index in [4.69, 9.17) is 23.7 Å². The summed E-state index contributed by atoms with van der Waals surface area (Å²) in [6.45, 7) is 3.76. The summed E-state index contributed by atoms with van der Waals surface area (Å²) < 4.78 is 27.0. The van der Waals surface area contributed by atoms with Crippen molar-refractivity contribution in [3.8, 4) is 5.75 Å². The van der Waals surface area contributed by atoms with Gasteiger partial charge in [-0.25, -0.2) is 0 Å². The Morgan fingerprint density at radius 1 is 0.867 bits per heavy atom. The number of esters is 1. The molecule has 0 amide bonds. The second-order valence-electron chi connectivity index (χ2n) is 6.79. The molecule has 2 rings (SSSR count). The molecule has 1 aromatic carbocycles. The lowest BCUT2D eigenvalue weighted by Gasteiger charge is -2.09. The molecule has 1 saturated heterocycles. The fourth-order valence-electron chi connectivity index (χ4n) is 2.77. The SMILES string of the molecule is O=C(CCCCC1CCSS1)OCCOCCOCCOCCOc1ccccc1. The fourth-order valence-corrected chi connectivity index (χ4v) is 5.80. The third kappa shape index (κ3) is 13.4. The second-order valence-corrected chi connectivity index (χ2v) is 9.58. The lowest BCUT2D eigenvalue weighted by atomic mass is 10.1. The van der Waals surface area contributed by atoms with Crippen molar-refractivity contribution in [2.75, 3.05) is 58.6 Å². The Balaban J connectivity index is 1.25. The van der Waals surface area contributed by atoms with Crippen LogP contribution in [-0.4, -0.2) is 69.8 Å². The van der Waals surface area contributed by atoms with E-state index in [0.29, 0.717) is 59.3 Å². The molecule has 170 valence electrons. The summed E-state index contributed by atoms with van der Waals surface area (Å²) in [5.74, 6) is 1.98. The number of carbonyl (C=O) groups is 1. The Morgan fingerprint density at radius 2 is 1.53 bits per heavy atom. The maximum Gasteiger partial charge on any atom is 0.305 e. The van der Waals surface area contributed by atoms with E-state index in [2.05, 4.69) is 0 Å². The van der Waals surface area contributed by atoms with Crippen LogP contribution in [0.1, 0.15) is 32.1 Å². The minimum atomic E-state index is -0.128. The van der Waals surface area contributed by atoms with Gasteiger partial charge in [0.1, 0.15) is 19.0 Å². The molecule has 0 saturated carbocycles. The lowest BCUT2D eigenvalue weighted by molar-refractivity contribution is -0.145. The van der Waals surface area contributed by atoms with Gasteiger partial charge in [-0.05, 0) is 31.4 Å². The highest BCUT2D eigenvalue weighted by Crippen LogP contribution is 2.39. The van der Waals surface area contributed by atoms with Gasteiger partial charge in [-0.1, -0.05) is 46.2 Å². The van der Waals surface area contributed by atoms with Crippen LogP contribution in [0.25, 0.3) is 0 Å². The predicted molar refractivity (Wildman–Crippen MR) is 122 cm³/mol. The zero-order chi connectivity index (χ0) is 21.1. The number of rotatable bonds is 18. The van der Waals surface area contributed by atoms with Gasteiger partial charge in [0, 0.05) is 17.4 Å². The van der Waals surface area contributed by atoms with E-state index in [0.717, 1.165) is 23.8 Å². The first kappa shape index (κ1) is 25.3. The Bertz CT molecular complexity index is 540. The average Bonchev–Trinajstić information content (AvgIpc) is 3.29. The van der Waals surface area contributed by atoms with E-state index in [-0.39, 0.29) is 5.97 Å². The van der Waals surface area contributed by atoms with Gasteiger partial charge >= 0.3 is 5.97 Å². The van der Waals surface area contributed by atoms with Crippen LogP contribution < -0.4 is 4.74 Å². The molecule has 1 unspecified atom stereocenters. The highest BCUT2D eigenvalue weighted by atomic mass is 33.1. The molecular weight excluding hydrogens is 424 g/mol. The maximum absolute atomic E-state index is 11.7. The van der Waals surface area contributed by atoms with Gasteiger partial charge in [0.15, 0.2) is 0 Å². The van der Waals surface area contributed by atoms with Crippen molar-refractivity contribution in [1.82, 2.24) is 0 Å². The Hall–Kier alpha value is -0.930. The summed E-state index contributed by atoms with van der Waals surface area (Å²) in [5.41, 5.74) is 0. The second kappa shape index (κ2) is 17.7. The summed E-state index contributed by atoms with van der Waals surface area (Å²) in [5, 5.41) is 0.779. The smallest absolute Gasteiger partial charge is 0.305 e. The first-order chi connectivity index (χ1) is 14.8. The van der Waals surface area contributed by atoms with E-state index >= 15 is 0 Å². The van der Waals surface area contributed by atoms with Gasteiger partial charge in [0.2, 0.25) is 0 Å². The lowest BCUT2D eigenvalue weighted by Crippen LogP contribution is -2.14. The van der Waals surface area contributed by atoms with Gasteiger partial charge in [0.05, 0.1) is 39.6 Å². The van der Waals surface area contributed by atoms with Crippen LogP contribution in [0.3, 0.4) is 0 Å². The van der Waals surface area contributed by atoms with Crippen LogP contribution in [-0.2, 0) is 23.7 Å². The number of hydrogen-bond donors (Lipinski definition) is 0. The van der Waals surface area contributed by atoms with Crippen LogP contribution in [0.4, 0.5) is 0 Å². The minimum Gasteiger partial charge on any atom is -0.491 e. The van der Waals surface area contributed by atoms with Crippen molar-refractivity contribution >= 4 is 27.6 Å². The van der Waals surface area contributed by atoms with Gasteiger partial charge in [-0.15, -0.1) is 0 Å². The molecule has 1 aliphatic rings. The molecule has 1 atom stereocenters. The molecule has 30 heavy (non-hydrogen) atoms. The van der Waals surface area contributed by atoms with E-state index in [1.54, 1.807) is 0 Å². The number of para-hydroxylation sites is 1. The van der Waals surface area contributed by atoms with Crippen LogP contribution in [0, 0.1) is 0 Å². The van der Waals surface area contributed by atoms with Crippen molar-refractivity contribution in [2.24, 2.45) is 0 Å². The topological polar surface area (TPSA) is 63.2 Å². The Labute approximate surface area is 188 Å². The van der Waals surface area contributed by atoms with Crippen LogP contribution in [0.15, 0.2) is 30.3 Å². The molecule has 8 heteroatoms. The molecule has 0 bridgehead atoms. The summed E-state index contributed by atoms with van der Waals surface area (Å²) in [6.07, 6.45) is 5.03. The molecule has 1 aliphatic heterocycles. The largest absolute Gasteiger partial charge is 0.491 e. The van der Waals surface area contributed by atoms with Crippen LogP contribution in [0.2, 0.25) is 0 Å². The fraction of sp³-hybridized carbons (Fsp3) is 0.682.